The number of methoxy groups -OCH3 is 1. The summed E-state index contributed by atoms with van der Waals surface area (Å²) in [5, 5.41) is 1.02. The molecule has 0 amide bonds. The topological polar surface area (TPSA) is 38.8 Å². The number of likely N-dealkylation sites (tertiary alicyclic amines) is 1. The van der Waals surface area contributed by atoms with Crippen molar-refractivity contribution in [2.45, 2.75) is 57.8 Å². The molecule has 0 atom stereocenters. The number of fused-ring (bicyclic) bond motifs is 1. The Kier molecular flexibility index (Phi) is 8.40. The maximum absolute atomic E-state index is 13.9. The van der Waals surface area contributed by atoms with E-state index in [4.69, 9.17) is 9.47 Å². The third-order valence-electron chi connectivity index (χ3n) is 7.45. The monoisotopic (exact) mass is 503 g/mol. The average molecular weight is 504 g/mol. The molecule has 1 fully saturated rings. The van der Waals surface area contributed by atoms with E-state index < -0.39 is 0 Å². The van der Waals surface area contributed by atoms with Crippen LogP contribution < -0.4 is 9.47 Å². The van der Waals surface area contributed by atoms with E-state index in [1.807, 2.05) is 36.4 Å². The van der Waals surface area contributed by atoms with Gasteiger partial charge < -0.3 is 9.47 Å². The second-order valence-corrected chi connectivity index (χ2v) is 11.0. The minimum atomic E-state index is 0.0873. The van der Waals surface area contributed by atoms with Crippen LogP contribution in [0.1, 0.15) is 78.6 Å². The van der Waals surface area contributed by atoms with E-state index in [2.05, 4.69) is 17.0 Å². The lowest BCUT2D eigenvalue weighted by Gasteiger charge is -2.26. The maximum Gasteiger partial charge on any atom is 0.195 e. The number of ether oxygens (including phenoxy) is 2. The second kappa shape index (κ2) is 12.1. The molecule has 2 heterocycles. The zero-order valence-electron chi connectivity index (χ0n) is 21.4. The predicted octanol–water partition coefficient (Wildman–Crippen LogP) is 7.74. The highest BCUT2D eigenvalue weighted by atomic mass is 32.1. The number of nitrogens with zero attached hydrogens (tertiary/aromatic N) is 1. The molecule has 4 nitrogen and oxygen atoms in total. The van der Waals surface area contributed by atoms with Gasteiger partial charge in [-0.3, -0.25) is 9.69 Å². The number of hydrogen-bond acceptors (Lipinski definition) is 5. The Hall–Kier alpha value is -2.63. The van der Waals surface area contributed by atoms with Crippen molar-refractivity contribution in [3.05, 3.63) is 64.5 Å². The van der Waals surface area contributed by atoms with Crippen molar-refractivity contribution in [1.29, 1.82) is 0 Å². The molecule has 0 radical (unpaired) electrons. The van der Waals surface area contributed by atoms with Crippen molar-refractivity contribution in [3.63, 3.8) is 0 Å². The zero-order valence-corrected chi connectivity index (χ0v) is 22.2. The highest BCUT2D eigenvalue weighted by Crippen LogP contribution is 2.41. The molecule has 2 aromatic carbocycles. The summed E-state index contributed by atoms with van der Waals surface area (Å²) < 4.78 is 12.6. The molecule has 0 saturated carbocycles. The molecule has 0 unspecified atom stereocenters. The number of piperidine rings is 1. The molecular weight excluding hydrogens is 466 g/mol. The van der Waals surface area contributed by atoms with E-state index in [-0.39, 0.29) is 5.78 Å². The fourth-order valence-electron chi connectivity index (χ4n) is 5.38. The maximum atomic E-state index is 13.9. The van der Waals surface area contributed by atoms with Crippen molar-refractivity contribution in [2.24, 2.45) is 0 Å². The van der Waals surface area contributed by atoms with Crippen molar-refractivity contribution in [2.75, 3.05) is 33.4 Å². The van der Waals surface area contributed by atoms with Crippen LogP contribution in [0.25, 0.3) is 15.7 Å². The van der Waals surface area contributed by atoms with Crippen LogP contribution in [0.2, 0.25) is 0 Å². The lowest BCUT2D eigenvalue weighted by atomic mass is 9.93. The van der Waals surface area contributed by atoms with Crippen LogP contribution in [-0.2, 0) is 0 Å². The van der Waals surface area contributed by atoms with Crippen LogP contribution in [0, 0.1) is 0 Å². The fourth-order valence-corrected chi connectivity index (χ4v) is 6.67. The predicted molar refractivity (Wildman–Crippen MR) is 150 cm³/mol. The van der Waals surface area contributed by atoms with Gasteiger partial charge in [-0.1, -0.05) is 25.3 Å². The molecule has 1 aliphatic carbocycles. The van der Waals surface area contributed by atoms with Crippen molar-refractivity contribution in [3.8, 4) is 11.5 Å². The molecule has 0 N–H and O–H groups in total. The summed E-state index contributed by atoms with van der Waals surface area (Å²) in [5.74, 6) is 1.74. The van der Waals surface area contributed by atoms with Gasteiger partial charge in [0.25, 0.3) is 0 Å². The second-order valence-electron chi connectivity index (χ2n) is 9.95. The van der Waals surface area contributed by atoms with Crippen LogP contribution >= 0.6 is 11.3 Å². The van der Waals surface area contributed by atoms with Gasteiger partial charge in [0.1, 0.15) is 18.1 Å². The number of allylic oxidation sites excluding steroid dienone is 2. The van der Waals surface area contributed by atoms with Gasteiger partial charge in [-0.15, -0.1) is 11.3 Å². The van der Waals surface area contributed by atoms with E-state index in [1.165, 1.54) is 63.6 Å². The number of hydrogen-bond donors (Lipinski definition) is 0. The van der Waals surface area contributed by atoms with Crippen molar-refractivity contribution < 1.29 is 14.3 Å². The molecule has 1 aromatic heterocycles. The largest absolute Gasteiger partial charge is 0.497 e. The van der Waals surface area contributed by atoms with Gasteiger partial charge >= 0.3 is 0 Å². The van der Waals surface area contributed by atoms with Gasteiger partial charge in [-0.2, -0.15) is 0 Å². The van der Waals surface area contributed by atoms with Crippen molar-refractivity contribution in [1.82, 2.24) is 4.90 Å². The van der Waals surface area contributed by atoms with Gasteiger partial charge in [-0.05, 0) is 99.7 Å². The number of carbonyl (C=O) groups excluding carboxylic acids is 1. The third kappa shape index (κ3) is 5.84. The Labute approximate surface area is 218 Å². The lowest BCUT2D eigenvalue weighted by molar-refractivity contribution is 0.104. The molecule has 3 aromatic rings. The van der Waals surface area contributed by atoms with Gasteiger partial charge in [0.2, 0.25) is 0 Å². The number of rotatable bonds is 8. The van der Waals surface area contributed by atoms with Gasteiger partial charge in [-0.25, -0.2) is 0 Å². The normalized spacial score (nSPS) is 18.8. The summed E-state index contributed by atoms with van der Waals surface area (Å²) in [6.07, 6.45) is 13.4. The van der Waals surface area contributed by atoms with E-state index in [9.17, 15) is 4.79 Å². The standard InChI is InChI=1S/C31H37NO3S/c1-34-26-16-17-27-28(22-26)36-31(24-10-6-3-2-4-7-11-24)29(27)30(33)23-12-14-25(15-13-23)35-21-20-32-18-8-5-9-19-32/h10,12-17,22H,2-9,11,18-21H2,1H3/b24-10+. The molecule has 0 spiro atoms. The Morgan fingerprint density at radius 1 is 0.917 bits per heavy atom. The summed E-state index contributed by atoms with van der Waals surface area (Å²) in [5.41, 5.74) is 2.88. The smallest absolute Gasteiger partial charge is 0.195 e. The van der Waals surface area contributed by atoms with Crippen LogP contribution in [0.15, 0.2) is 48.5 Å². The molecule has 1 saturated heterocycles. The van der Waals surface area contributed by atoms with Gasteiger partial charge in [0.05, 0.1) is 7.11 Å². The fraction of sp³-hybridized carbons (Fsp3) is 0.452. The minimum Gasteiger partial charge on any atom is -0.497 e. The Bertz CT molecular complexity index is 1200. The molecule has 2 aliphatic rings. The van der Waals surface area contributed by atoms with Crippen LogP contribution in [0.5, 0.6) is 11.5 Å². The zero-order chi connectivity index (χ0) is 24.7. The number of carbonyl (C=O) groups is 1. The molecular formula is C31H37NO3S. The SMILES string of the molecule is COc1ccc2c(C(=O)c3ccc(OCCN4CCCCC4)cc3)c(/C3=C/CCCCCC3)sc2c1. The average Bonchev–Trinajstić information content (AvgIpc) is 3.27. The van der Waals surface area contributed by atoms with Crippen LogP contribution in [0.3, 0.4) is 0 Å². The van der Waals surface area contributed by atoms with Crippen LogP contribution in [-0.4, -0.2) is 44.0 Å². The van der Waals surface area contributed by atoms with E-state index in [0.29, 0.717) is 12.2 Å². The summed E-state index contributed by atoms with van der Waals surface area (Å²) >= 11 is 1.73. The van der Waals surface area contributed by atoms with E-state index in [1.54, 1.807) is 18.4 Å². The Morgan fingerprint density at radius 2 is 1.67 bits per heavy atom. The molecule has 36 heavy (non-hydrogen) atoms. The van der Waals surface area contributed by atoms with Gasteiger partial charge in [0.15, 0.2) is 5.78 Å². The summed E-state index contributed by atoms with van der Waals surface area (Å²) in [7, 11) is 1.69. The van der Waals surface area contributed by atoms with Crippen molar-refractivity contribution >= 4 is 32.8 Å². The minimum absolute atomic E-state index is 0.0873. The summed E-state index contributed by atoms with van der Waals surface area (Å²) in [6.45, 7) is 4.00. The third-order valence-corrected chi connectivity index (χ3v) is 8.68. The molecule has 190 valence electrons. The quantitative estimate of drug-likeness (QED) is 0.295. The first-order chi connectivity index (χ1) is 17.7. The lowest BCUT2D eigenvalue weighted by Crippen LogP contribution is -2.33. The number of thiophene rings is 1. The molecule has 5 rings (SSSR count). The summed E-state index contributed by atoms with van der Waals surface area (Å²) in [4.78, 5) is 17.5. The highest BCUT2D eigenvalue weighted by molar-refractivity contribution is 7.20. The summed E-state index contributed by atoms with van der Waals surface area (Å²) in [6, 6.07) is 13.8. The van der Waals surface area contributed by atoms with E-state index in [0.717, 1.165) is 51.4 Å². The molecule has 0 bridgehead atoms. The van der Waals surface area contributed by atoms with E-state index >= 15 is 0 Å². The first kappa shape index (κ1) is 25.0. The van der Waals surface area contributed by atoms with Crippen LogP contribution in [0.4, 0.5) is 0 Å². The molecule has 1 aliphatic heterocycles. The first-order valence-corrected chi connectivity index (χ1v) is 14.3. The first-order valence-electron chi connectivity index (χ1n) is 13.5. The number of benzene rings is 2. The molecule has 5 heteroatoms. The van der Waals surface area contributed by atoms with Gasteiger partial charge in [0, 0.05) is 32.6 Å². The highest BCUT2D eigenvalue weighted by Gasteiger charge is 2.23. The Balaban J connectivity index is 1.38. The number of ketones is 1. The Morgan fingerprint density at radius 3 is 2.47 bits per heavy atom.